The number of thiocarbonyl (C=S) groups is 1. The summed E-state index contributed by atoms with van der Waals surface area (Å²) in [5.74, 6) is 0. The molecular formula is C15H25N4S+. The SMILES string of the molecule is C[NH+](C)CCNC(=S)N1CCN(c2ccccc2)CC1. The fraction of sp³-hybridized carbons (Fsp3) is 0.533. The van der Waals surface area contributed by atoms with Crippen molar-refractivity contribution in [2.24, 2.45) is 0 Å². The smallest absolute Gasteiger partial charge is 0.169 e. The molecular weight excluding hydrogens is 268 g/mol. The van der Waals surface area contributed by atoms with Gasteiger partial charge in [0.25, 0.3) is 0 Å². The van der Waals surface area contributed by atoms with E-state index < -0.39 is 0 Å². The number of quaternary nitrogens is 1. The zero-order valence-corrected chi connectivity index (χ0v) is 13.2. The van der Waals surface area contributed by atoms with Gasteiger partial charge in [0, 0.05) is 31.9 Å². The van der Waals surface area contributed by atoms with Crippen molar-refractivity contribution in [2.45, 2.75) is 0 Å². The number of para-hydroxylation sites is 1. The number of hydrogen-bond acceptors (Lipinski definition) is 2. The summed E-state index contributed by atoms with van der Waals surface area (Å²) in [6.07, 6.45) is 0. The lowest BCUT2D eigenvalue weighted by Gasteiger charge is -2.37. The molecule has 1 aliphatic heterocycles. The average Bonchev–Trinajstić information content (AvgIpc) is 2.48. The van der Waals surface area contributed by atoms with Crippen molar-refractivity contribution >= 4 is 23.0 Å². The highest BCUT2D eigenvalue weighted by atomic mass is 32.1. The van der Waals surface area contributed by atoms with Crippen molar-refractivity contribution in [3.8, 4) is 0 Å². The summed E-state index contributed by atoms with van der Waals surface area (Å²) in [5, 5.41) is 4.26. The molecule has 110 valence electrons. The van der Waals surface area contributed by atoms with Crippen LogP contribution in [-0.2, 0) is 0 Å². The van der Waals surface area contributed by atoms with Gasteiger partial charge in [-0.15, -0.1) is 0 Å². The summed E-state index contributed by atoms with van der Waals surface area (Å²) in [7, 11) is 4.31. The maximum absolute atomic E-state index is 5.47. The Morgan fingerprint density at radius 3 is 2.40 bits per heavy atom. The molecule has 0 amide bonds. The molecule has 20 heavy (non-hydrogen) atoms. The molecule has 0 spiro atoms. The second kappa shape index (κ2) is 7.45. The van der Waals surface area contributed by atoms with E-state index in [9.17, 15) is 0 Å². The van der Waals surface area contributed by atoms with Crippen LogP contribution in [0.3, 0.4) is 0 Å². The molecule has 0 radical (unpaired) electrons. The van der Waals surface area contributed by atoms with E-state index in [1.807, 2.05) is 0 Å². The monoisotopic (exact) mass is 293 g/mol. The Morgan fingerprint density at radius 1 is 1.15 bits per heavy atom. The third-order valence-corrected chi connectivity index (χ3v) is 3.99. The van der Waals surface area contributed by atoms with Crippen LogP contribution in [0.4, 0.5) is 5.69 Å². The van der Waals surface area contributed by atoms with Gasteiger partial charge < -0.3 is 20.0 Å². The molecule has 1 fully saturated rings. The van der Waals surface area contributed by atoms with E-state index >= 15 is 0 Å². The van der Waals surface area contributed by atoms with Gasteiger partial charge in [0.05, 0.1) is 27.2 Å². The molecule has 1 aromatic carbocycles. The predicted octanol–water partition coefficient (Wildman–Crippen LogP) is -0.172. The standard InChI is InChI=1S/C15H24N4S/c1-17(2)9-8-16-15(20)19-12-10-18(11-13-19)14-6-4-3-5-7-14/h3-7H,8-13H2,1-2H3,(H,16,20)/p+1. The zero-order chi connectivity index (χ0) is 14.4. The Kier molecular flexibility index (Phi) is 5.61. The third kappa shape index (κ3) is 4.35. The predicted molar refractivity (Wildman–Crippen MR) is 88.5 cm³/mol. The molecule has 0 unspecified atom stereocenters. The minimum absolute atomic E-state index is 0.902. The van der Waals surface area contributed by atoms with Gasteiger partial charge in [-0.05, 0) is 24.4 Å². The molecule has 1 heterocycles. The van der Waals surface area contributed by atoms with E-state index in [-0.39, 0.29) is 0 Å². The van der Waals surface area contributed by atoms with Crippen LogP contribution in [0.1, 0.15) is 0 Å². The van der Waals surface area contributed by atoms with Crippen LogP contribution < -0.4 is 15.1 Å². The molecule has 4 nitrogen and oxygen atoms in total. The van der Waals surface area contributed by atoms with Gasteiger partial charge in [-0.3, -0.25) is 0 Å². The average molecular weight is 293 g/mol. The molecule has 0 atom stereocenters. The zero-order valence-electron chi connectivity index (χ0n) is 12.4. The van der Waals surface area contributed by atoms with Crippen LogP contribution in [0.15, 0.2) is 30.3 Å². The van der Waals surface area contributed by atoms with Gasteiger partial charge in [-0.2, -0.15) is 0 Å². The quantitative estimate of drug-likeness (QED) is 0.752. The highest BCUT2D eigenvalue weighted by molar-refractivity contribution is 7.80. The lowest BCUT2D eigenvalue weighted by Crippen LogP contribution is -3.06. The highest BCUT2D eigenvalue weighted by Gasteiger charge is 2.18. The van der Waals surface area contributed by atoms with Crippen molar-refractivity contribution in [2.75, 3.05) is 58.3 Å². The van der Waals surface area contributed by atoms with Gasteiger partial charge in [0.15, 0.2) is 5.11 Å². The minimum atomic E-state index is 0.902. The van der Waals surface area contributed by atoms with E-state index in [2.05, 4.69) is 59.5 Å². The van der Waals surface area contributed by atoms with Gasteiger partial charge >= 0.3 is 0 Å². The number of nitrogens with zero attached hydrogens (tertiary/aromatic N) is 2. The molecule has 1 aromatic rings. The van der Waals surface area contributed by atoms with Crippen LogP contribution in [0.25, 0.3) is 0 Å². The molecule has 0 aliphatic carbocycles. The van der Waals surface area contributed by atoms with E-state index in [1.165, 1.54) is 10.6 Å². The Morgan fingerprint density at radius 2 is 1.80 bits per heavy atom. The summed E-state index contributed by atoms with van der Waals surface area (Å²) in [6.45, 7) is 6.09. The van der Waals surface area contributed by atoms with Gasteiger partial charge in [0.2, 0.25) is 0 Å². The van der Waals surface area contributed by atoms with Crippen molar-refractivity contribution in [1.82, 2.24) is 10.2 Å². The summed E-state index contributed by atoms with van der Waals surface area (Å²) in [5.41, 5.74) is 1.31. The second-order valence-electron chi connectivity index (χ2n) is 5.50. The minimum Gasteiger partial charge on any atom is -0.368 e. The Labute approximate surface area is 127 Å². The summed E-state index contributed by atoms with van der Waals surface area (Å²) in [4.78, 5) is 6.14. The number of anilines is 1. The maximum Gasteiger partial charge on any atom is 0.169 e. The van der Waals surface area contributed by atoms with Gasteiger partial charge in [-0.25, -0.2) is 0 Å². The van der Waals surface area contributed by atoms with Crippen LogP contribution in [0, 0.1) is 0 Å². The van der Waals surface area contributed by atoms with Gasteiger partial charge in [-0.1, -0.05) is 18.2 Å². The number of likely N-dealkylation sites (N-methyl/N-ethyl adjacent to an activating group) is 1. The molecule has 1 aliphatic rings. The molecule has 1 saturated heterocycles. The second-order valence-corrected chi connectivity index (χ2v) is 5.89. The number of piperazine rings is 1. The number of nitrogens with one attached hydrogen (secondary N) is 2. The van der Waals surface area contributed by atoms with E-state index in [0.29, 0.717) is 0 Å². The number of hydrogen-bond donors (Lipinski definition) is 2. The summed E-state index contributed by atoms with van der Waals surface area (Å²) in [6, 6.07) is 10.6. The summed E-state index contributed by atoms with van der Waals surface area (Å²) < 4.78 is 0. The topological polar surface area (TPSA) is 23.0 Å². The van der Waals surface area contributed by atoms with Crippen LogP contribution >= 0.6 is 12.2 Å². The van der Waals surface area contributed by atoms with E-state index in [1.54, 1.807) is 0 Å². The summed E-state index contributed by atoms with van der Waals surface area (Å²) >= 11 is 5.47. The number of benzene rings is 1. The first-order valence-electron chi connectivity index (χ1n) is 7.28. The maximum atomic E-state index is 5.47. The fourth-order valence-electron chi connectivity index (χ4n) is 2.34. The Bertz CT molecular complexity index is 413. The van der Waals surface area contributed by atoms with Crippen molar-refractivity contribution in [1.29, 1.82) is 0 Å². The lowest BCUT2D eigenvalue weighted by molar-refractivity contribution is -0.856. The Hall–Kier alpha value is -1.33. The van der Waals surface area contributed by atoms with Crippen molar-refractivity contribution in [3.63, 3.8) is 0 Å². The molecule has 2 rings (SSSR count). The van der Waals surface area contributed by atoms with E-state index in [0.717, 1.165) is 44.4 Å². The molecule has 0 bridgehead atoms. The van der Waals surface area contributed by atoms with E-state index in [4.69, 9.17) is 12.2 Å². The first-order chi connectivity index (χ1) is 9.66. The lowest BCUT2D eigenvalue weighted by atomic mass is 10.2. The van der Waals surface area contributed by atoms with Gasteiger partial charge in [0.1, 0.15) is 0 Å². The first kappa shape index (κ1) is 15.1. The highest BCUT2D eigenvalue weighted by Crippen LogP contribution is 2.15. The first-order valence-corrected chi connectivity index (χ1v) is 7.69. The normalized spacial score (nSPS) is 15.6. The molecule has 2 N–H and O–H groups in total. The van der Waals surface area contributed by atoms with Crippen LogP contribution in [0.5, 0.6) is 0 Å². The molecule has 0 saturated carbocycles. The molecule has 5 heteroatoms. The van der Waals surface area contributed by atoms with Crippen molar-refractivity contribution < 1.29 is 4.90 Å². The third-order valence-electron chi connectivity index (χ3n) is 3.59. The fourth-order valence-corrected chi connectivity index (χ4v) is 2.62. The van der Waals surface area contributed by atoms with Crippen molar-refractivity contribution in [3.05, 3.63) is 30.3 Å². The molecule has 0 aromatic heterocycles. The Balaban J connectivity index is 1.75. The number of rotatable bonds is 4. The van der Waals surface area contributed by atoms with Crippen LogP contribution in [-0.4, -0.2) is 63.4 Å². The van der Waals surface area contributed by atoms with Crippen LogP contribution in [0.2, 0.25) is 0 Å². The largest absolute Gasteiger partial charge is 0.368 e.